The zero-order chi connectivity index (χ0) is 16.5. The molecule has 1 saturated heterocycles. The molecule has 0 radical (unpaired) electrons. The van der Waals surface area contributed by atoms with E-state index in [1.807, 2.05) is 35.7 Å². The smallest absolute Gasteiger partial charge is 0.275 e. The topological polar surface area (TPSA) is 38.1 Å². The highest BCUT2D eigenvalue weighted by Gasteiger charge is 2.18. The van der Waals surface area contributed by atoms with Crippen molar-refractivity contribution in [2.45, 2.75) is 26.4 Å². The summed E-state index contributed by atoms with van der Waals surface area (Å²) < 4.78 is 1.65. The summed E-state index contributed by atoms with van der Waals surface area (Å²) in [6.45, 7) is 4.95. The van der Waals surface area contributed by atoms with Gasteiger partial charge in [0, 0.05) is 18.5 Å². The minimum atomic E-state index is 0.00419. The minimum Gasteiger partial charge on any atom is -0.284 e. The summed E-state index contributed by atoms with van der Waals surface area (Å²) >= 11 is 1.66. The first-order valence-electron chi connectivity index (χ1n) is 8.48. The second-order valence-corrected chi connectivity index (χ2v) is 7.57. The number of rotatable bonds is 3. The fourth-order valence-electron chi connectivity index (χ4n) is 3.32. The number of thiophene rings is 1. The first-order valence-corrected chi connectivity index (χ1v) is 9.36. The lowest BCUT2D eigenvalue weighted by atomic mass is 10.00. The predicted octanol–water partition coefficient (Wildman–Crippen LogP) is 3.81. The Labute approximate surface area is 145 Å². The van der Waals surface area contributed by atoms with Crippen LogP contribution in [0.2, 0.25) is 0 Å². The van der Waals surface area contributed by atoms with Gasteiger partial charge in [-0.2, -0.15) is 5.10 Å². The molecule has 1 aromatic carbocycles. The van der Waals surface area contributed by atoms with Gasteiger partial charge in [-0.05, 0) is 36.3 Å². The summed E-state index contributed by atoms with van der Waals surface area (Å²) in [5, 5.41) is 8.47. The number of benzene rings is 1. The lowest BCUT2D eigenvalue weighted by Gasteiger charge is -2.30. The summed E-state index contributed by atoms with van der Waals surface area (Å²) in [5.41, 5.74) is 0.912. The molecule has 4 rings (SSSR count). The van der Waals surface area contributed by atoms with E-state index in [1.54, 1.807) is 16.0 Å². The van der Waals surface area contributed by atoms with E-state index >= 15 is 0 Å². The Morgan fingerprint density at radius 3 is 2.58 bits per heavy atom. The normalized spacial score (nSPS) is 16.7. The van der Waals surface area contributed by atoms with Crippen molar-refractivity contribution in [3.8, 4) is 10.6 Å². The van der Waals surface area contributed by atoms with Crippen molar-refractivity contribution in [2.24, 2.45) is 5.92 Å². The van der Waals surface area contributed by atoms with Gasteiger partial charge in [-0.25, -0.2) is 4.68 Å². The molecule has 3 aromatic rings. The molecule has 4 nitrogen and oxygen atoms in total. The zero-order valence-electron chi connectivity index (χ0n) is 13.8. The van der Waals surface area contributed by atoms with Crippen molar-refractivity contribution in [1.29, 1.82) is 0 Å². The standard InChI is InChI=1S/C19H21N3OS/c1-14-8-10-21(11-9-14)13-22-19(23)16-6-3-2-5-15(16)18(20-22)17-7-4-12-24-17/h2-7,12,14H,8-11,13H2,1H3. The fourth-order valence-corrected chi connectivity index (χ4v) is 4.04. The van der Waals surface area contributed by atoms with Gasteiger partial charge in [0.25, 0.3) is 5.56 Å². The molecule has 0 bridgehead atoms. The third kappa shape index (κ3) is 2.89. The molecule has 3 heterocycles. The highest BCUT2D eigenvalue weighted by atomic mass is 32.1. The van der Waals surface area contributed by atoms with Crippen molar-refractivity contribution in [3.05, 3.63) is 52.1 Å². The molecule has 1 aliphatic rings. The highest BCUT2D eigenvalue weighted by Crippen LogP contribution is 2.28. The average molecular weight is 339 g/mol. The van der Waals surface area contributed by atoms with Gasteiger partial charge in [0.2, 0.25) is 0 Å². The zero-order valence-corrected chi connectivity index (χ0v) is 14.6. The molecule has 0 atom stereocenters. The van der Waals surface area contributed by atoms with Crippen LogP contribution >= 0.6 is 11.3 Å². The van der Waals surface area contributed by atoms with Crippen molar-refractivity contribution in [3.63, 3.8) is 0 Å². The van der Waals surface area contributed by atoms with Gasteiger partial charge in [0.15, 0.2) is 0 Å². The van der Waals surface area contributed by atoms with Gasteiger partial charge in [0.1, 0.15) is 5.69 Å². The summed E-state index contributed by atoms with van der Waals surface area (Å²) in [6, 6.07) is 11.9. The summed E-state index contributed by atoms with van der Waals surface area (Å²) in [4.78, 5) is 16.3. The van der Waals surface area contributed by atoms with Crippen LogP contribution in [0.1, 0.15) is 19.8 Å². The third-order valence-electron chi connectivity index (χ3n) is 4.83. The molecule has 24 heavy (non-hydrogen) atoms. The molecule has 5 heteroatoms. The lowest BCUT2D eigenvalue weighted by Crippen LogP contribution is -2.38. The van der Waals surface area contributed by atoms with E-state index in [1.165, 1.54) is 12.8 Å². The maximum atomic E-state index is 12.9. The molecule has 0 N–H and O–H groups in total. The Morgan fingerprint density at radius 2 is 1.88 bits per heavy atom. The minimum absolute atomic E-state index is 0.00419. The molecule has 0 saturated carbocycles. The van der Waals surface area contributed by atoms with E-state index in [9.17, 15) is 4.79 Å². The van der Waals surface area contributed by atoms with Gasteiger partial charge in [-0.3, -0.25) is 9.69 Å². The van der Waals surface area contributed by atoms with E-state index in [0.717, 1.165) is 40.4 Å². The Bertz CT molecular complexity index is 893. The van der Waals surface area contributed by atoms with Gasteiger partial charge in [-0.1, -0.05) is 31.2 Å². The SMILES string of the molecule is CC1CCN(Cn2nc(-c3cccs3)c3ccccc3c2=O)CC1. The molecule has 0 aliphatic carbocycles. The van der Waals surface area contributed by atoms with E-state index in [2.05, 4.69) is 17.9 Å². The van der Waals surface area contributed by atoms with Gasteiger partial charge in [0.05, 0.1) is 16.9 Å². The van der Waals surface area contributed by atoms with Crippen LogP contribution in [-0.2, 0) is 6.67 Å². The molecule has 0 amide bonds. The molecule has 2 aromatic heterocycles. The number of likely N-dealkylation sites (tertiary alicyclic amines) is 1. The second-order valence-electron chi connectivity index (χ2n) is 6.62. The average Bonchev–Trinajstić information content (AvgIpc) is 3.14. The van der Waals surface area contributed by atoms with Gasteiger partial charge >= 0.3 is 0 Å². The van der Waals surface area contributed by atoms with Crippen molar-refractivity contribution in [2.75, 3.05) is 13.1 Å². The second kappa shape index (κ2) is 6.49. The van der Waals surface area contributed by atoms with Crippen LogP contribution in [0.4, 0.5) is 0 Å². The van der Waals surface area contributed by atoms with Crippen LogP contribution in [0.3, 0.4) is 0 Å². The van der Waals surface area contributed by atoms with Gasteiger partial charge < -0.3 is 0 Å². The molecule has 0 unspecified atom stereocenters. The number of hydrogen-bond donors (Lipinski definition) is 0. The van der Waals surface area contributed by atoms with Crippen LogP contribution in [0.25, 0.3) is 21.3 Å². The predicted molar refractivity (Wildman–Crippen MR) is 99.3 cm³/mol. The van der Waals surface area contributed by atoms with Crippen LogP contribution in [0.15, 0.2) is 46.6 Å². The molecule has 1 aliphatic heterocycles. The third-order valence-corrected chi connectivity index (χ3v) is 5.71. The maximum absolute atomic E-state index is 12.9. The number of piperidine rings is 1. The summed E-state index contributed by atoms with van der Waals surface area (Å²) in [6.07, 6.45) is 2.39. The van der Waals surface area contributed by atoms with E-state index in [-0.39, 0.29) is 5.56 Å². The highest BCUT2D eigenvalue weighted by molar-refractivity contribution is 7.13. The summed E-state index contributed by atoms with van der Waals surface area (Å²) in [5.74, 6) is 0.782. The summed E-state index contributed by atoms with van der Waals surface area (Å²) in [7, 11) is 0. The number of fused-ring (bicyclic) bond motifs is 1. The largest absolute Gasteiger partial charge is 0.284 e. The van der Waals surface area contributed by atoms with Crippen LogP contribution in [0, 0.1) is 5.92 Å². The van der Waals surface area contributed by atoms with Crippen LogP contribution < -0.4 is 5.56 Å². The quantitative estimate of drug-likeness (QED) is 0.728. The van der Waals surface area contributed by atoms with Crippen molar-refractivity contribution in [1.82, 2.24) is 14.7 Å². The lowest BCUT2D eigenvalue weighted by molar-refractivity contribution is 0.144. The molecule has 124 valence electrons. The first-order chi connectivity index (χ1) is 11.7. The van der Waals surface area contributed by atoms with E-state index in [0.29, 0.717) is 6.67 Å². The number of aromatic nitrogens is 2. The fraction of sp³-hybridized carbons (Fsp3) is 0.368. The molecule has 1 fully saturated rings. The molecule has 0 spiro atoms. The van der Waals surface area contributed by atoms with Crippen molar-refractivity contribution < 1.29 is 0 Å². The van der Waals surface area contributed by atoms with E-state index in [4.69, 9.17) is 5.10 Å². The van der Waals surface area contributed by atoms with Crippen LogP contribution in [-0.4, -0.2) is 27.8 Å². The maximum Gasteiger partial charge on any atom is 0.275 e. The monoisotopic (exact) mass is 339 g/mol. The Hall–Kier alpha value is -1.98. The molecular formula is C19H21N3OS. The Kier molecular flexibility index (Phi) is 4.21. The first kappa shape index (κ1) is 15.5. The Balaban J connectivity index is 1.78. The number of hydrogen-bond acceptors (Lipinski definition) is 4. The van der Waals surface area contributed by atoms with E-state index < -0.39 is 0 Å². The Morgan fingerprint density at radius 1 is 1.12 bits per heavy atom. The van der Waals surface area contributed by atoms with Crippen LogP contribution in [0.5, 0.6) is 0 Å². The number of nitrogens with zero attached hydrogens (tertiary/aromatic N) is 3. The molecular weight excluding hydrogens is 318 g/mol. The van der Waals surface area contributed by atoms with Crippen molar-refractivity contribution >= 4 is 22.1 Å². The van der Waals surface area contributed by atoms with Gasteiger partial charge in [-0.15, -0.1) is 11.3 Å².